The molecule has 1 saturated carbocycles. The topological polar surface area (TPSA) is 105 Å². The largest absolute Gasteiger partial charge is 0.480 e. The van der Waals surface area contributed by atoms with Crippen LogP contribution in [0.5, 0.6) is 5.88 Å². The lowest BCUT2D eigenvalue weighted by atomic mass is 10.3. The van der Waals surface area contributed by atoms with Crippen molar-refractivity contribution < 1.29 is 18.0 Å². The minimum atomic E-state index is -2.51. The van der Waals surface area contributed by atoms with E-state index in [-0.39, 0.29) is 29.3 Å². The van der Waals surface area contributed by atoms with E-state index in [0.29, 0.717) is 11.6 Å². The highest BCUT2D eigenvalue weighted by molar-refractivity contribution is 6.00. The van der Waals surface area contributed by atoms with Gasteiger partial charge in [0.2, 0.25) is 5.88 Å². The Kier molecular flexibility index (Phi) is 3.41. The summed E-state index contributed by atoms with van der Waals surface area (Å²) >= 11 is 0. The summed E-state index contributed by atoms with van der Waals surface area (Å²) in [5.74, 6) is 0.0707. The molecule has 0 unspecified atom stereocenters. The molecule has 1 fully saturated rings. The Balaban J connectivity index is 1.75. The van der Waals surface area contributed by atoms with Crippen LogP contribution in [-0.4, -0.2) is 51.8 Å². The maximum absolute atomic E-state index is 13.2. The van der Waals surface area contributed by atoms with Crippen molar-refractivity contribution in [1.82, 2.24) is 24.9 Å². The third-order valence-electron chi connectivity index (χ3n) is 4.10. The molecule has 3 N–H and O–H groups in total. The number of halogens is 1. The molecule has 27 heavy (non-hydrogen) atoms. The van der Waals surface area contributed by atoms with E-state index in [0.717, 1.165) is 0 Å². The molecule has 0 aliphatic heterocycles. The lowest BCUT2D eigenvalue weighted by Gasteiger charge is -2.12. The quantitative estimate of drug-likeness (QED) is 0.604. The zero-order valence-electron chi connectivity index (χ0n) is 17.2. The zero-order valence-corrected chi connectivity index (χ0v) is 14.2. The van der Waals surface area contributed by atoms with Crippen LogP contribution < -0.4 is 20.7 Å². The van der Waals surface area contributed by atoms with E-state index < -0.39 is 25.1 Å². The molecule has 1 aliphatic carbocycles. The first-order valence-corrected chi connectivity index (χ1v) is 8.13. The van der Waals surface area contributed by atoms with Gasteiger partial charge in [-0.2, -0.15) is 9.61 Å². The molecule has 3 aromatic rings. The van der Waals surface area contributed by atoms with Crippen molar-refractivity contribution in [3.05, 3.63) is 36.2 Å². The summed E-state index contributed by atoms with van der Waals surface area (Å²) in [5.41, 5.74) is 0.674. The molecule has 0 radical (unpaired) electrons. The number of fused-ring (bicyclic) bond motifs is 1. The van der Waals surface area contributed by atoms with Crippen molar-refractivity contribution in [2.75, 3.05) is 24.7 Å². The zero-order chi connectivity index (χ0) is 21.5. The third kappa shape index (κ3) is 3.21. The summed E-state index contributed by atoms with van der Waals surface area (Å²) in [6.07, 6.45) is 2.01. The number of amides is 1. The fourth-order valence-corrected chi connectivity index (χ4v) is 2.62. The van der Waals surface area contributed by atoms with Crippen LogP contribution in [0.2, 0.25) is 0 Å². The maximum Gasteiger partial charge on any atom is 0.257 e. The van der Waals surface area contributed by atoms with E-state index in [2.05, 4.69) is 31.0 Å². The highest BCUT2D eigenvalue weighted by Crippen LogP contribution is 2.28. The van der Waals surface area contributed by atoms with Gasteiger partial charge in [0.05, 0.1) is 19.3 Å². The van der Waals surface area contributed by atoms with E-state index in [1.807, 2.05) is 0 Å². The van der Waals surface area contributed by atoms with Gasteiger partial charge in [-0.15, -0.1) is 0 Å². The molecule has 0 spiro atoms. The minimum Gasteiger partial charge on any atom is -0.480 e. The molecule has 2 atom stereocenters. The summed E-state index contributed by atoms with van der Waals surface area (Å²) in [5, 5.41) is 12.0. The van der Waals surface area contributed by atoms with Gasteiger partial charge in [-0.3, -0.25) is 4.79 Å². The number of alkyl halides is 1. The van der Waals surface area contributed by atoms with Gasteiger partial charge in [0.1, 0.15) is 29.1 Å². The molecule has 1 amide bonds. The molecule has 140 valence electrons. The van der Waals surface area contributed by atoms with Gasteiger partial charge in [-0.1, -0.05) is 0 Å². The van der Waals surface area contributed by atoms with Crippen molar-refractivity contribution in [3.8, 4) is 5.88 Å². The van der Waals surface area contributed by atoms with Gasteiger partial charge in [0, 0.05) is 29.8 Å². The number of pyridine rings is 1. The molecule has 3 heterocycles. The number of aromatic nitrogens is 4. The Bertz CT molecular complexity index is 1100. The van der Waals surface area contributed by atoms with Crippen molar-refractivity contribution in [3.63, 3.8) is 0 Å². The number of hydrogen-bond acceptors (Lipinski definition) is 7. The molecule has 4 rings (SSSR count). The number of ether oxygens (including phenoxy) is 1. The number of hydrogen-bond donors (Lipinski definition) is 3. The molecular weight excluding hydrogens is 353 g/mol. The second kappa shape index (κ2) is 6.71. The molecule has 10 heteroatoms. The molecule has 0 aromatic carbocycles. The third-order valence-corrected chi connectivity index (χ3v) is 4.10. The molecule has 0 bridgehead atoms. The standard InChI is InChI=1S/C17H18FN7O2/c1-19-14-7-13(22-11-4-3-5-20-17(11)27-2)24-15-9(8-21-25(14)15)16(26)23-12-6-10(12)18/h3-5,7-8,10,12,19H,6H2,1-2H3,(H,22,24)(H,23,26)/t10-,12+/m1/s1/i1D3. The number of nitrogens with zero attached hydrogens (tertiary/aromatic N) is 4. The van der Waals surface area contributed by atoms with Crippen molar-refractivity contribution >= 4 is 28.9 Å². The Morgan fingerprint density at radius 2 is 2.37 bits per heavy atom. The maximum atomic E-state index is 13.2. The monoisotopic (exact) mass is 374 g/mol. The molecule has 0 saturated heterocycles. The van der Waals surface area contributed by atoms with Gasteiger partial charge in [0.15, 0.2) is 5.65 Å². The average molecular weight is 374 g/mol. The molecule has 9 nitrogen and oxygen atoms in total. The van der Waals surface area contributed by atoms with Crippen molar-refractivity contribution in [1.29, 1.82) is 0 Å². The number of methoxy groups -OCH3 is 1. The predicted molar refractivity (Wildman–Crippen MR) is 97.4 cm³/mol. The van der Waals surface area contributed by atoms with E-state index in [4.69, 9.17) is 8.85 Å². The predicted octanol–water partition coefficient (Wildman–Crippen LogP) is 1.76. The highest BCUT2D eigenvalue weighted by Gasteiger charge is 2.39. The van der Waals surface area contributed by atoms with E-state index in [1.165, 1.54) is 23.9 Å². The number of carbonyl (C=O) groups is 1. The van der Waals surface area contributed by atoms with Gasteiger partial charge < -0.3 is 20.7 Å². The van der Waals surface area contributed by atoms with Crippen LogP contribution in [0.1, 0.15) is 20.9 Å². The smallest absolute Gasteiger partial charge is 0.257 e. The van der Waals surface area contributed by atoms with Crippen LogP contribution in [0.15, 0.2) is 30.6 Å². The molecule has 1 aliphatic rings. The average Bonchev–Trinajstić information content (AvgIpc) is 3.19. The van der Waals surface area contributed by atoms with Crippen molar-refractivity contribution in [2.45, 2.75) is 18.6 Å². The van der Waals surface area contributed by atoms with E-state index in [9.17, 15) is 9.18 Å². The van der Waals surface area contributed by atoms with Crippen LogP contribution in [-0.2, 0) is 0 Å². The number of nitrogens with one attached hydrogen (secondary N) is 3. The number of anilines is 3. The van der Waals surface area contributed by atoms with Crippen LogP contribution in [0.3, 0.4) is 0 Å². The Hall–Kier alpha value is -3.43. The second-order valence-corrected chi connectivity index (χ2v) is 5.96. The Morgan fingerprint density at radius 3 is 3.11 bits per heavy atom. The van der Waals surface area contributed by atoms with E-state index >= 15 is 0 Å². The first kappa shape index (κ1) is 13.7. The summed E-state index contributed by atoms with van der Waals surface area (Å²) in [6, 6.07) is 4.28. The molecule has 3 aromatic heterocycles. The summed E-state index contributed by atoms with van der Waals surface area (Å²) in [6.45, 7) is -2.51. The summed E-state index contributed by atoms with van der Waals surface area (Å²) < 4.78 is 42.1. The first-order chi connectivity index (χ1) is 14.2. The summed E-state index contributed by atoms with van der Waals surface area (Å²) in [4.78, 5) is 21.0. The minimum absolute atomic E-state index is 0.0826. The first-order valence-electron chi connectivity index (χ1n) is 9.63. The lowest BCUT2D eigenvalue weighted by molar-refractivity contribution is 0.0949. The van der Waals surface area contributed by atoms with Crippen molar-refractivity contribution in [2.24, 2.45) is 0 Å². The highest BCUT2D eigenvalue weighted by atomic mass is 19.1. The number of rotatable bonds is 6. The normalized spacial score (nSPS) is 20.3. The fourth-order valence-electron chi connectivity index (χ4n) is 2.62. The van der Waals surface area contributed by atoms with E-state index in [1.54, 1.807) is 18.3 Å². The van der Waals surface area contributed by atoms with Crippen LogP contribution in [0, 0.1) is 0 Å². The van der Waals surface area contributed by atoms with Gasteiger partial charge in [-0.05, 0) is 12.1 Å². The van der Waals surface area contributed by atoms with Crippen LogP contribution >= 0.6 is 0 Å². The Morgan fingerprint density at radius 1 is 1.52 bits per heavy atom. The fraction of sp³-hybridized carbons (Fsp3) is 0.294. The van der Waals surface area contributed by atoms with Gasteiger partial charge in [0.25, 0.3) is 5.91 Å². The summed E-state index contributed by atoms with van der Waals surface area (Å²) in [7, 11) is 1.46. The molecular formula is C17H18FN7O2. The SMILES string of the molecule is [2H]C([2H])([2H])Nc1cc(Nc2cccnc2OC)nc2c(C(=O)N[C@H]3C[C@H]3F)cnn12. The Labute approximate surface area is 158 Å². The lowest BCUT2D eigenvalue weighted by Crippen LogP contribution is -2.27. The number of carbonyl (C=O) groups excluding carboxylic acids is 1. The van der Waals surface area contributed by atoms with Crippen LogP contribution in [0.25, 0.3) is 5.65 Å². The van der Waals surface area contributed by atoms with Crippen LogP contribution in [0.4, 0.5) is 21.7 Å². The van der Waals surface area contributed by atoms with Gasteiger partial charge >= 0.3 is 0 Å². The second-order valence-electron chi connectivity index (χ2n) is 5.96. The van der Waals surface area contributed by atoms with Gasteiger partial charge in [-0.25, -0.2) is 14.4 Å².